The number of aliphatic hydroxyl groups is 1. The van der Waals surface area contributed by atoms with Gasteiger partial charge in [0.15, 0.2) is 0 Å². The van der Waals surface area contributed by atoms with E-state index in [-0.39, 0.29) is 23.7 Å². The van der Waals surface area contributed by atoms with E-state index in [0.717, 1.165) is 16.6 Å². The SMILES string of the molecule is CC(C)C[C@H](O)C(=O)N1CCC(C(=O)Nc2ccc3[nH]ncc3c2)CC1. The Balaban J connectivity index is 1.52. The number of rotatable bonds is 5. The lowest BCUT2D eigenvalue weighted by atomic mass is 9.95. The molecular weight excluding hydrogens is 332 g/mol. The maximum Gasteiger partial charge on any atom is 0.251 e. The van der Waals surface area contributed by atoms with Gasteiger partial charge in [-0.2, -0.15) is 5.10 Å². The summed E-state index contributed by atoms with van der Waals surface area (Å²) in [5.74, 6) is -0.100. The second-order valence-corrected chi connectivity index (χ2v) is 7.41. The Labute approximate surface area is 152 Å². The molecule has 1 atom stereocenters. The van der Waals surface area contributed by atoms with Crippen molar-refractivity contribution in [3.8, 4) is 0 Å². The van der Waals surface area contributed by atoms with E-state index in [0.29, 0.717) is 32.4 Å². The number of nitrogens with one attached hydrogen (secondary N) is 2. The number of nitrogens with zero attached hydrogens (tertiary/aromatic N) is 2. The molecule has 3 N–H and O–H groups in total. The summed E-state index contributed by atoms with van der Waals surface area (Å²) in [6.07, 6.45) is 2.47. The minimum atomic E-state index is -0.943. The van der Waals surface area contributed by atoms with E-state index in [1.54, 1.807) is 11.1 Å². The molecule has 1 aromatic heterocycles. The number of carbonyl (C=O) groups excluding carboxylic acids is 2. The minimum absolute atomic E-state index is 0.0253. The van der Waals surface area contributed by atoms with E-state index >= 15 is 0 Å². The fraction of sp³-hybridized carbons (Fsp3) is 0.526. The van der Waals surface area contributed by atoms with Gasteiger partial charge < -0.3 is 15.3 Å². The number of aliphatic hydroxyl groups excluding tert-OH is 1. The van der Waals surface area contributed by atoms with Gasteiger partial charge in [-0.15, -0.1) is 0 Å². The maximum atomic E-state index is 12.5. The first-order valence-corrected chi connectivity index (χ1v) is 9.15. The Bertz CT molecular complexity index is 778. The minimum Gasteiger partial charge on any atom is -0.383 e. The molecule has 2 aromatic rings. The monoisotopic (exact) mass is 358 g/mol. The molecule has 0 spiro atoms. The van der Waals surface area contributed by atoms with Crippen LogP contribution in [0.2, 0.25) is 0 Å². The number of H-pyrrole nitrogens is 1. The van der Waals surface area contributed by atoms with Gasteiger partial charge >= 0.3 is 0 Å². The fourth-order valence-electron chi connectivity index (χ4n) is 3.38. The highest BCUT2D eigenvalue weighted by Gasteiger charge is 2.30. The Kier molecular flexibility index (Phi) is 5.56. The first-order chi connectivity index (χ1) is 12.4. The molecule has 0 bridgehead atoms. The van der Waals surface area contributed by atoms with Crippen LogP contribution in [0.25, 0.3) is 10.9 Å². The Morgan fingerprint density at radius 2 is 2.08 bits per heavy atom. The van der Waals surface area contributed by atoms with E-state index in [1.165, 1.54) is 0 Å². The third kappa shape index (κ3) is 4.22. The molecule has 1 aliphatic rings. The zero-order valence-corrected chi connectivity index (χ0v) is 15.2. The number of likely N-dealkylation sites (tertiary alicyclic amines) is 1. The van der Waals surface area contributed by atoms with Crippen molar-refractivity contribution >= 4 is 28.4 Å². The standard InChI is InChI=1S/C19H26N4O3/c1-12(2)9-17(24)19(26)23-7-5-13(6-8-23)18(25)21-15-3-4-16-14(10-15)11-20-22-16/h3-4,10-13,17,24H,5-9H2,1-2H3,(H,20,22)(H,21,25)/t17-/m0/s1. The largest absolute Gasteiger partial charge is 0.383 e. The molecule has 3 rings (SSSR count). The summed E-state index contributed by atoms with van der Waals surface area (Å²) in [6.45, 7) is 4.97. The number of benzene rings is 1. The van der Waals surface area contributed by atoms with Gasteiger partial charge in [-0.3, -0.25) is 14.7 Å². The zero-order valence-electron chi connectivity index (χ0n) is 15.2. The molecule has 1 saturated heterocycles. The van der Waals surface area contributed by atoms with Gasteiger partial charge in [-0.25, -0.2) is 0 Å². The number of amides is 2. The van der Waals surface area contributed by atoms with Gasteiger partial charge in [0.1, 0.15) is 6.10 Å². The third-order valence-corrected chi connectivity index (χ3v) is 4.86. The Morgan fingerprint density at radius 3 is 2.77 bits per heavy atom. The lowest BCUT2D eigenvalue weighted by Crippen LogP contribution is -2.45. The van der Waals surface area contributed by atoms with E-state index in [1.807, 2.05) is 32.0 Å². The molecule has 2 heterocycles. The highest BCUT2D eigenvalue weighted by Crippen LogP contribution is 2.22. The summed E-state index contributed by atoms with van der Waals surface area (Å²) in [4.78, 5) is 26.5. The molecule has 1 fully saturated rings. The van der Waals surface area contributed by atoms with Crippen molar-refractivity contribution in [2.75, 3.05) is 18.4 Å². The maximum absolute atomic E-state index is 12.5. The van der Waals surface area contributed by atoms with Crippen molar-refractivity contribution in [3.63, 3.8) is 0 Å². The molecule has 0 unspecified atom stereocenters. The fourth-order valence-corrected chi connectivity index (χ4v) is 3.38. The highest BCUT2D eigenvalue weighted by molar-refractivity contribution is 5.95. The second kappa shape index (κ2) is 7.86. The van der Waals surface area contributed by atoms with Gasteiger partial charge in [-0.1, -0.05) is 13.8 Å². The van der Waals surface area contributed by atoms with E-state index in [9.17, 15) is 14.7 Å². The molecule has 1 aliphatic heterocycles. The summed E-state index contributed by atoms with van der Waals surface area (Å²) in [5.41, 5.74) is 1.67. The quantitative estimate of drug-likeness (QED) is 0.763. The number of hydrogen-bond acceptors (Lipinski definition) is 4. The number of hydrogen-bond donors (Lipinski definition) is 3. The van der Waals surface area contributed by atoms with E-state index in [2.05, 4.69) is 15.5 Å². The molecule has 7 heteroatoms. The molecule has 0 saturated carbocycles. The predicted molar refractivity (Wildman–Crippen MR) is 99.5 cm³/mol. The molecule has 0 aliphatic carbocycles. The lowest BCUT2D eigenvalue weighted by molar-refractivity contribution is -0.143. The Morgan fingerprint density at radius 1 is 1.35 bits per heavy atom. The van der Waals surface area contributed by atoms with E-state index in [4.69, 9.17) is 0 Å². The number of aromatic amines is 1. The average Bonchev–Trinajstić information content (AvgIpc) is 3.08. The number of carbonyl (C=O) groups is 2. The van der Waals surface area contributed by atoms with Crippen molar-refractivity contribution in [2.24, 2.45) is 11.8 Å². The van der Waals surface area contributed by atoms with Crippen LogP contribution in [0, 0.1) is 11.8 Å². The van der Waals surface area contributed by atoms with Crippen LogP contribution in [0.15, 0.2) is 24.4 Å². The van der Waals surface area contributed by atoms with Crippen molar-refractivity contribution in [1.82, 2.24) is 15.1 Å². The van der Waals surface area contributed by atoms with Crippen molar-refractivity contribution in [1.29, 1.82) is 0 Å². The Hall–Kier alpha value is -2.41. The first kappa shape index (κ1) is 18.4. The van der Waals surface area contributed by atoms with Gasteiger partial charge in [0.05, 0.1) is 11.7 Å². The van der Waals surface area contributed by atoms with Crippen molar-refractivity contribution in [2.45, 2.75) is 39.2 Å². The number of aromatic nitrogens is 2. The van der Waals surface area contributed by atoms with Gasteiger partial charge in [0, 0.05) is 30.1 Å². The lowest BCUT2D eigenvalue weighted by Gasteiger charge is -2.32. The van der Waals surface area contributed by atoms with Crippen molar-refractivity contribution < 1.29 is 14.7 Å². The number of piperidine rings is 1. The normalized spacial score (nSPS) is 16.8. The van der Waals surface area contributed by atoms with Crippen LogP contribution in [-0.2, 0) is 9.59 Å². The van der Waals surface area contributed by atoms with Crippen LogP contribution < -0.4 is 5.32 Å². The molecule has 7 nitrogen and oxygen atoms in total. The predicted octanol–water partition coefficient (Wildman–Crippen LogP) is 2.15. The molecular formula is C19H26N4O3. The summed E-state index contributed by atoms with van der Waals surface area (Å²) >= 11 is 0. The van der Waals surface area contributed by atoms with Crippen LogP contribution in [0.4, 0.5) is 5.69 Å². The van der Waals surface area contributed by atoms with Gasteiger partial charge in [0.25, 0.3) is 5.91 Å². The molecule has 0 radical (unpaired) electrons. The summed E-state index contributed by atoms with van der Waals surface area (Å²) < 4.78 is 0. The molecule has 1 aromatic carbocycles. The summed E-state index contributed by atoms with van der Waals surface area (Å²) in [7, 11) is 0. The molecule has 2 amide bonds. The second-order valence-electron chi connectivity index (χ2n) is 7.41. The summed E-state index contributed by atoms with van der Waals surface area (Å²) in [5, 5.41) is 20.8. The van der Waals surface area contributed by atoms with Crippen LogP contribution in [-0.4, -0.2) is 51.2 Å². The smallest absolute Gasteiger partial charge is 0.251 e. The average molecular weight is 358 g/mol. The molecule has 26 heavy (non-hydrogen) atoms. The van der Waals surface area contributed by atoms with Crippen LogP contribution in [0.5, 0.6) is 0 Å². The summed E-state index contributed by atoms with van der Waals surface area (Å²) in [6, 6.07) is 5.62. The van der Waals surface area contributed by atoms with Crippen molar-refractivity contribution in [3.05, 3.63) is 24.4 Å². The van der Waals surface area contributed by atoms with E-state index < -0.39 is 6.10 Å². The van der Waals surface area contributed by atoms with Gasteiger partial charge in [0.2, 0.25) is 5.91 Å². The topological polar surface area (TPSA) is 98.3 Å². The van der Waals surface area contributed by atoms with Crippen LogP contribution in [0.3, 0.4) is 0 Å². The number of anilines is 1. The third-order valence-electron chi connectivity index (χ3n) is 4.86. The highest BCUT2D eigenvalue weighted by atomic mass is 16.3. The van der Waals surface area contributed by atoms with Crippen LogP contribution >= 0.6 is 0 Å². The zero-order chi connectivity index (χ0) is 18.7. The first-order valence-electron chi connectivity index (χ1n) is 9.15. The van der Waals surface area contributed by atoms with Crippen LogP contribution in [0.1, 0.15) is 33.1 Å². The number of fused-ring (bicyclic) bond motifs is 1. The molecule has 140 valence electrons. The van der Waals surface area contributed by atoms with Gasteiger partial charge in [-0.05, 0) is 43.4 Å².